The monoisotopic (exact) mass is 170 g/mol. The molecule has 1 atom stereocenters. The smallest absolute Gasteiger partial charge is 1.00 e. The molecule has 1 N–H and O–H groups in total. The quantitative estimate of drug-likeness (QED) is 0.434. The molecule has 0 radical (unpaired) electrons. The molecule has 10 heavy (non-hydrogen) atoms. The molecule has 1 nitrogen and oxygen atoms in total. The largest absolute Gasteiger partial charge is 1.00 e. The third-order valence-corrected chi connectivity index (χ3v) is 1.61. The molecule has 2 heteroatoms. The van der Waals surface area contributed by atoms with Crippen LogP contribution in [-0.4, -0.2) is 11.2 Å². The zero-order chi connectivity index (χ0) is 7.11. The molecule has 0 fully saturated rings. The first-order valence-electron chi connectivity index (χ1n) is 3.99. The second kappa shape index (κ2) is 10.6. The van der Waals surface area contributed by atoms with Crippen molar-refractivity contribution < 1.29 is 57.9 Å². The maximum Gasteiger partial charge on any atom is 1.00 e. The van der Waals surface area contributed by atoms with Crippen LogP contribution in [0.15, 0.2) is 0 Å². The minimum atomic E-state index is -0.0449. The van der Waals surface area contributed by atoms with Gasteiger partial charge in [-0.2, -0.15) is 0 Å². The number of rotatable bonds is 5. The van der Waals surface area contributed by atoms with Crippen LogP contribution in [0.3, 0.4) is 0 Å². The molecule has 1 unspecified atom stereocenters. The normalized spacial score (nSPS) is 12.3. The molecule has 0 amide bonds. The molecule has 0 aromatic carbocycles. The first-order chi connectivity index (χ1) is 4.31. The van der Waals surface area contributed by atoms with Gasteiger partial charge in [0.05, 0.1) is 6.10 Å². The fourth-order valence-corrected chi connectivity index (χ4v) is 0.834. The Balaban J connectivity index is -0.000000320. The molecule has 0 aliphatic heterocycles. The van der Waals surface area contributed by atoms with Crippen LogP contribution in [0.1, 0.15) is 47.4 Å². The molecular formula is C8H19KO. The number of aliphatic hydroxyl groups excluding tert-OH is 1. The first kappa shape index (κ1) is 14.1. The van der Waals surface area contributed by atoms with E-state index < -0.39 is 0 Å². The topological polar surface area (TPSA) is 20.2 Å². The molecule has 0 rings (SSSR count). The SMILES string of the molecule is CCCCCC(O)CC.[H-].[K+]. The van der Waals surface area contributed by atoms with Crippen molar-refractivity contribution in [2.75, 3.05) is 0 Å². The van der Waals surface area contributed by atoms with Crippen LogP contribution in [0.5, 0.6) is 0 Å². The van der Waals surface area contributed by atoms with Gasteiger partial charge < -0.3 is 6.53 Å². The van der Waals surface area contributed by atoms with Gasteiger partial charge in [0.2, 0.25) is 0 Å². The molecule has 0 aliphatic rings. The molecule has 0 bridgehead atoms. The summed E-state index contributed by atoms with van der Waals surface area (Å²) < 4.78 is 0. The minimum Gasteiger partial charge on any atom is -1.00 e. The number of hydrogen-bond acceptors (Lipinski definition) is 1. The molecule has 0 aromatic rings. The van der Waals surface area contributed by atoms with Crippen LogP contribution in [0.4, 0.5) is 0 Å². The maximum absolute atomic E-state index is 9.08. The summed E-state index contributed by atoms with van der Waals surface area (Å²) in [5, 5.41) is 9.08. The molecular weight excluding hydrogens is 151 g/mol. The van der Waals surface area contributed by atoms with Crippen LogP contribution >= 0.6 is 0 Å². The van der Waals surface area contributed by atoms with Crippen LogP contribution < -0.4 is 51.4 Å². The zero-order valence-electron chi connectivity index (χ0n) is 8.56. The summed E-state index contributed by atoms with van der Waals surface area (Å²) in [7, 11) is 0. The van der Waals surface area contributed by atoms with E-state index in [1.807, 2.05) is 6.92 Å². The van der Waals surface area contributed by atoms with Gasteiger partial charge in [0.1, 0.15) is 0 Å². The van der Waals surface area contributed by atoms with E-state index in [-0.39, 0.29) is 58.9 Å². The van der Waals surface area contributed by atoms with Gasteiger partial charge in [0, 0.05) is 0 Å². The summed E-state index contributed by atoms with van der Waals surface area (Å²) in [6.07, 6.45) is 5.55. The summed E-state index contributed by atoms with van der Waals surface area (Å²) in [4.78, 5) is 0. The molecule has 0 aliphatic carbocycles. The third kappa shape index (κ3) is 9.60. The third-order valence-electron chi connectivity index (χ3n) is 1.61. The van der Waals surface area contributed by atoms with Crippen molar-refractivity contribution in [2.45, 2.75) is 52.1 Å². The van der Waals surface area contributed by atoms with Crippen molar-refractivity contribution in [3.8, 4) is 0 Å². The maximum atomic E-state index is 9.08. The van der Waals surface area contributed by atoms with Crippen molar-refractivity contribution in [3.63, 3.8) is 0 Å². The predicted molar refractivity (Wildman–Crippen MR) is 41.6 cm³/mol. The number of aliphatic hydroxyl groups is 1. The zero-order valence-corrected chi connectivity index (χ0v) is 10.7. The van der Waals surface area contributed by atoms with E-state index in [4.69, 9.17) is 5.11 Å². The Labute approximate surface area is 108 Å². The van der Waals surface area contributed by atoms with Gasteiger partial charge in [0.15, 0.2) is 0 Å². The summed E-state index contributed by atoms with van der Waals surface area (Å²) >= 11 is 0. The molecule has 0 saturated carbocycles. The minimum absolute atomic E-state index is 0. The molecule has 0 aromatic heterocycles. The molecule has 0 spiro atoms. The van der Waals surface area contributed by atoms with Gasteiger partial charge in [0.25, 0.3) is 0 Å². The molecule has 0 heterocycles. The fraction of sp³-hybridized carbons (Fsp3) is 1.00. The van der Waals surface area contributed by atoms with Gasteiger partial charge in [-0.05, 0) is 12.8 Å². The molecule has 58 valence electrons. The van der Waals surface area contributed by atoms with Crippen molar-refractivity contribution in [1.29, 1.82) is 0 Å². The Kier molecular flexibility index (Phi) is 15.0. The van der Waals surface area contributed by atoms with Crippen molar-refractivity contribution in [1.82, 2.24) is 0 Å². The van der Waals surface area contributed by atoms with Gasteiger partial charge in [-0.25, -0.2) is 0 Å². The van der Waals surface area contributed by atoms with E-state index in [0.717, 1.165) is 12.8 Å². The van der Waals surface area contributed by atoms with Crippen molar-refractivity contribution >= 4 is 0 Å². The Morgan fingerprint density at radius 3 is 2.30 bits per heavy atom. The van der Waals surface area contributed by atoms with E-state index >= 15 is 0 Å². The predicted octanol–water partition coefficient (Wildman–Crippen LogP) is -0.546. The Bertz CT molecular complexity index is 62.1. The fourth-order valence-electron chi connectivity index (χ4n) is 0.834. The van der Waals surface area contributed by atoms with Crippen molar-refractivity contribution in [3.05, 3.63) is 0 Å². The van der Waals surface area contributed by atoms with Crippen LogP contribution in [0.2, 0.25) is 0 Å². The number of unbranched alkanes of at least 4 members (excludes halogenated alkanes) is 2. The standard InChI is InChI=1S/C8H18O.K.H/c1-3-5-6-7-8(9)4-2;;/h8-9H,3-7H2,1-2H3;;/q;+1;-1. The average Bonchev–Trinajstić information content (AvgIpc) is 1.89. The summed E-state index contributed by atoms with van der Waals surface area (Å²) in [6.45, 7) is 4.20. The van der Waals surface area contributed by atoms with E-state index in [1.165, 1.54) is 19.3 Å². The van der Waals surface area contributed by atoms with Gasteiger partial charge in [-0.1, -0.05) is 33.1 Å². The van der Waals surface area contributed by atoms with Crippen LogP contribution in [-0.2, 0) is 0 Å². The van der Waals surface area contributed by atoms with E-state index in [1.54, 1.807) is 0 Å². The summed E-state index contributed by atoms with van der Waals surface area (Å²) in [5.41, 5.74) is 0. The Hall–Kier alpha value is 1.60. The average molecular weight is 170 g/mol. The first-order valence-corrected chi connectivity index (χ1v) is 3.99. The molecule has 0 saturated heterocycles. The van der Waals surface area contributed by atoms with Crippen molar-refractivity contribution in [2.24, 2.45) is 0 Å². The van der Waals surface area contributed by atoms with E-state index in [2.05, 4.69) is 6.92 Å². The number of hydrogen-bond donors (Lipinski definition) is 1. The second-order valence-corrected chi connectivity index (χ2v) is 2.56. The van der Waals surface area contributed by atoms with E-state index in [9.17, 15) is 0 Å². The Morgan fingerprint density at radius 2 is 1.90 bits per heavy atom. The van der Waals surface area contributed by atoms with Gasteiger partial charge >= 0.3 is 51.4 Å². The van der Waals surface area contributed by atoms with Gasteiger partial charge in [-0.3, -0.25) is 0 Å². The summed E-state index contributed by atoms with van der Waals surface area (Å²) in [6, 6.07) is 0. The van der Waals surface area contributed by atoms with Crippen LogP contribution in [0.25, 0.3) is 0 Å². The Morgan fingerprint density at radius 1 is 1.30 bits per heavy atom. The van der Waals surface area contributed by atoms with Gasteiger partial charge in [-0.15, -0.1) is 0 Å². The summed E-state index contributed by atoms with van der Waals surface area (Å²) in [5.74, 6) is 0. The second-order valence-electron chi connectivity index (χ2n) is 2.56. The van der Waals surface area contributed by atoms with Crippen LogP contribution in [0, 0.1) is 0 Å². The van der Waals surface area contributed by atoms with E-state index in [0.29, 0.717) is 0 Å².